The van der Waals surface area contributed by atoms with Gasteiger partial charge >= 0.3 is 5.69 Å². The number of methoxy groups -OCH3 is 1. The van der Waals surface area contributed by atoms with Crippen molar-refractivity contribution in [1.82, 2.24) is 19.5 Å². The van der Waals surface area contributed by atoms with E-state index in [0.717, 1.165) is 18.7 Å². The Morgan fingerprint density at radius 1 is 1.29 bits per heavy atom. The van der Waals surface area contributed by atoms with Crippen LogP contribution < -0.4 is 11.2 Å². The molecule has 0 spiro atoms. The average Bonchev–Trinajstić information content (AvgIpc) is 3.10. The molecule has 2 aromatic heterocycles. The van der Waals surface area contributed by atoms with Gasteiger partial charge in [0, 0.05) is 26.2 Å². The highest BCUT2D eigenvalue weighted by Crippen LogP contribution is 2.32. The van der Waals surface area contributed by atoms with E-state index in [-0.39, 0.29) is 0 Å². The molecule has 3 rings (SSSR count). The molecule has 0 amide bonds. The molecule has 0 atom stereocenters. The highest BCUT2D eigenvalue weighted by atomic mass is 16.5. The van der Waals surface area contributed by atoms with E-state index in [4.69, 9.17) is 4.74 Å². The summed E-state index contributed by atoms with van der Waals surface area (Å²) in [5.41, 5.74) is 0.0542. The van der Waals surface area contributed by atoms with Crippen LogP contribution in [0.25, 0.3) is 11.2 Å². The van der Waals surface area contributed by atoms with Crippen LogP contribution >= 0.6 is 0 Å². The molecule has 0 aliphatic heterocycles. The van der Waals surface area contributed by atoms with E-state index >= 15 is 0 Å². The first-order chi connectivity index (χ1) is 10.2. The number of ether oxygens (including phenoxy) is 1. The minimum absolute atomic E-state index is 0.374. The van der Waals surface area contributed by atoms with Gasteiger partial charge in [0.1, 0.15) is 11.3 Å². The number of hydrogen-bond donors (Lipinski definition) is 2. The number of nitrogens with one attached hydrogen (secondary N) is 2. The molecule has 0 bridgehead atoms. The van der Waals surface area contributed by atoms with Crippen molar-refractivity contribution >= 4 is 11.2 Å². The van der Waals surface area contributed by atoms with E-state index < -0.39 is 11.2 Å². The fraction of sp³-hybridized carbons (Fsp3) is 0.643. The lowest BCUT2D eigenvalue weighted by Gasteiger charge is -2.05. The first kappa shape index (κ1) is 14.1. The molecule has 2 aromatic rings. The van der Waals surface area contributed by atoms with Gasteiger partial charge < -0.3 is 9.72 Å². The second-order valence-electron chi connectivity index (χ2n) is 5.56. The molecule has 21 heavy (non-hydrogen) atoms. The van der Waals surface area contributed by atoms with E-state index in [9.17, 15) is 9.59 Å². The largest absolute Gasteiger partial charge is 0.385 e. The van der Waals surface area contributed by atoms with Gasteiger partial charge in [-0.15, -0.1) is 0 Å². The summed E-state index contributed by atoms with van der Waals surface area (Å²) in [6.07, 6.45) is 5.26. The summed E-state index contributed by atoms with van der Waals surface area (Å²) in [6, 6.07) is 0. The summed E-state index contributed by atoms with van der Waals surface area (Å²) in [6.45, 7) is 1.04. The molecule has 0 aromatic carbocycles. The van der Waals surface area contributed by atoms with Crippen LogP contribution in [0.3, 0.4) is 0 Å². The molecule has 0 unspecified atom stereocenters. The second-order valence-corrected chi connectivity index (χ2v) is 5.56. The van der Waals surface area contributed by atoms with Gasteiger partial charge in [0.25, 0.3) is 5.56 Å². The van der Waals surface area contributed by atoms with Crippen molar-refractivity contribution in [3.63, 3.8) is 0 Å². The number of fused-ring (bicyclic) bond motifs is 1. The molecule has 1 aliphatic carbocycles. The number of aromatic nitrogens is 4. The van der Waals surface area contributed by atoms with Gasteiger partial charge in [-0.05, 0) is 19.3 Å². The zero-order valence-electron chi connectivity index (χ0n) is 12.1. The lowest BCUT2D eigenvalue weighted by Crippen LogP contribution is -2.30. The lowest BCUT2D eigenvalue weighted by molar-refractivity contribution is 0.190. The fourth-order valence-electron chi connectivity index (χ4n) is 3.03. The molecular formula is C14H20N4O3. The van der Waals surface area contributed by atoms with Gasteiger partial charge in [-0.3, -0.25) is 14.3 Å². The molecule has 1 saturated carbocycles. The number of aryl methyl sites for hydroxylation is 1. The zero-order valence-corrected chi connectivity index (χ0v) is 12.1. The van der Waals surface area contributed by atoms with Crippen molar-refractivity contribution in [1.29, 1.82) is 0 Å². The van der Waals surface area contributed by atoms with Crippen molar-refractivity contribution in [2.75, 3.05) is 13.7 Å². The van der Waals surface area contributed by atoms with Crippen LogP contribution in [0.4, 0.5) is 0 Å². The van der Waals surface area contributed by atoms with Crippen LogP contribution in [0.1, 0.15) is 43.8 Å². The Labute approximate surface area is 121 Å². The highest BCUT2D eigenvalue weighted by molar-refractivity contribution is 5.69. The average molecular weight is 292 g/mol. The molecule has 1 aliphatic rings. The van der Waals surface area contributed by atoms with E-state index in [2.05, 4.69) is 15.0 Å². The maximum absolute atomic E-state index is 12.0. The maximum Gasteiger partial charge on any atom is 0.330 e. The van der Waals surface area contributed by atoms with Crippen molar-refractivity contribution < 1.29 is 4.74 Å². The van der Waals surface area contributed by atoms with Crippen molar-refractivity contribution in [3.05, 3.63) is 26.7 Å². The molecule has 1 fully saturated rings. The third-order valence-corrected chi connectivity index (χ3v) is 4.12. The number of hydrogen-bond acceptors (Lipinski definition) is 4. The predicted octanol–water partition coefficient (Wildman–Crippen LogP) is 1.11. The van der Waals surface area contributed by atoms with Crippen LogP contribution in [0.15, 0.2) is 9.59 Å². The SMILES string of the molecule is COCCCn1c(=O)[nH]c(=O)c2[nH]c(C3CCCC3)nc21. The first-order valence-corrected chi connectivity index (χ1v) is 7.42. The summed E-state index contributed by atoms with van der Waals surface area (Å²) < 4.78 is 6.53. The smallest absolute Gasteiger partial charge is 0.330 e. The topological polar surface area (TPSA) is 92.8 Å². The monoisotopic (exact) mass is 292 g/mol. The summed E-state index contributed by atoms with van der Waals surface area (Å²) in [5, 5.41) is 0. The first-order valence-electron chi connectivity index (χ1n) is 7.42. The lowest BCUT2D eigenvalue weighted by atomic mass is 10.1. The van der Waals surface area contributed by atoms with Gasteiger partial charge in [0.2, 0.25) is 0 Å². The number of aromatic amines is 2. The van der Waals surface area contributed by atoms with Crippen LogP contribution in [-0.4, -0.2) is 33.2 Å². The fourth-order valence-corrected chi connectivity index (χ4v) is 3.03. The quantitative estimate of drug-likeness (QED) is 0.807. The minimum atomic E-state index is -0.409. The Morgan fingerprint density at radius 2 is 2.05 bits per heavy atom. The Kier molecular flexibility index (Phi) is 3.92. The Morgan fingerprint density at radius 3 is 2.76 bits per heavy atom. The molecule has 0 saturated heterocycles. The van der Waals surface area contributed by atoms with E-state index in [0.29, 0.717) is 36.7 Å². The van der Waals surface area contributed by atoms with E-state index in [1.165, 1.54) is 17.4 Å². The molecule has 7 heteroatoms. The Hall–Kier alpha value is -1.89. The summed E-state index contributed by atoms with van der Waals surface area (Å²) in [7, 11) is 1.62. The van der Waals surface area contributed by atoms with Gasteiger partial charge in [0.15, 0.2) is 5.65 Å². The van der Waals surface area contributed by atoms with E-state index in [1.807, 2.05) is 0 Å². The minimum Gasteiger partial charge on any atom is -0.385 e. The number of rotatable bonds is 5. The van der Waals surface area contributed by atoms with Crippen molar-refractivity contribution in [3.8, 4) is 0 Å². The highest BCUT2D eigenvalue weighted by Gasteiger charge is 2.22. The van der Waals surface area contributed by atoms with Gasteiger partial charge in [-0.1, -0.05) is 12.8 Å². The molecule has 0 radical (unpaired) electrons. The molecule has 2 N–H and O–H groups in total. The van der Waals surface area contributed by atoms with E-state index in [1.54, 1.807) is 7.11 Å². The van der Waals surface area contributed by atoms with Crippen LogP contribution in [-0.2, 0) is 11.3 Å². The van der Waals surface area contributed by atoms with Gasteiger partial charge in [-0.2, -0.15) is 0 Å². The Bertz CT molecular complexity index is 737. The molecule has 2 heterocycles. The number of H-pyrrole nitrogens is 2. The summed E-state index contributed by atoms with van der Waals surface area (Å²) >= 11 is 0. The predicted molar refractivity (Wildman–Crippen MR) is 78.7 cm³/mol. The molecule has 114 valence electrons. The third kappa shape index (κ3) is 2.65. The zero-order chi connectivity index (χ0) is 14.8. The number of nitrogens with zero attached hydrogens (tertiary/aromatic N) is 2. The van der Waals surface area contributed by atoms with Crippen molar-refractivity contribution in [2.45, 2.75) is 44.6 Å². The van der Waals surface area contributed by atoms with Gasteiger partial charge in [0.05, 0.1) is 0 Å². The second kappa shape index (κ2) is 5.85. The third-order valence-electron chi connectivity index (χ3n) is 4.12. The molecule has 7 nitrogen and oxygen atoms in total. The van der Waals surface area contributed by atoms with Crippen molar-refractivity contribution in [2.24, 2.45) is 0 Å². The maximum atomic E-state index is 12.0. The summed E-state index contributed by atoms with van der Waals surface area (Å²) in [4.78, 5) is 33.9. The van der Waals surface area contributed by atoms with Gasteiger partial charge in [-0.25, -0.2) is 9.78 Å². The van der Waals surface area contributed by atoms with Crippen LogP contribution in [0.5, 0.6) is 0 Å². The Balaban J connectivity index is 2.04. The standard InChI is InChI=1S/C14H20N4O3/c1-21-8-4-7-18-12-10(13(19)17-14(18)20)15-11(16-12)9-5-2-3-6-9/h9H,2-8H2,1H3,(H,15,16)(H,17,19,20). The van der Waals surface area contributed by atoms with Crippen LogP contribution in [0.2, 0.25) is 0 Å². The molecular weight excluding hydrogens is 272 g/mol. The number of imidazole rings is 1. The summed E-state index contributed by atoms with van der Waals surface area (Å²) in [5.74, 6) is 1.21. The normalized spacial score (nSPS) is 16.0. The van der Waals surface area contributed by atoms with Crippen LogP contribution in [0, 0.1) is 0 Å².